The average molecular weight is 326 g/mol. The minimum Gasteiger partial charge on any atom is -0.494 e. The number of ether oxygens (including phenoxy) is 1. The third-order valence-corrected chi connectivity index (χ3v) is 3.89. The molecule has 0 saturated carbocycles. The van der Waals surface area contributed by atoms with Crippen LogP contribution in [0.5, 0.6) is 5.75 Å². The summed E-state index contributed by atoms with van der Waals surface area (Å²) in [6.07, 6.45) is 2.29. The topological polar surface area (TPSA) is 67.3 Å². The molecule has 0 aliphatic carbocycles. The summed E-state index contributed by atoms with van der Waals surface area (Å²) in [5, 5.41) is 2.87. The summed E-state index contributed by atoms with van der Waals surface area (Å²) in [6, 6.07) is 9.01. The molecule has 1 aromatic carbocycles. The van der Waals surface area contributed by atoms with Crippen LogP contribution in [-0.4, -0.2) is 35.6 Å². The third kappa shape index (κ3) is 3.82. The van der Waals surface area contributed by atoms with Gasteiger partial charge in [-0.2, -0.15) is 0 Å². The molecular weight excluding hydrogens is 304 g/mol. The van der Waals surface area contributed by atoms with Crippen LogP contribution in [0.1, 0.15) is 35.9 Å². The largest absolute Gasteiger partial charge is 0.494 e. The SMILES string of the molecule is CCOc1ccc(NC(=O)c2cc(C)nc(N3CCCC3)n2)cc1. The standard InChI is InChI=1S/C18H22N4O2/c1-3-24-15-8-6-14(7-9-15)20-17(23)16-12-13(2)19-18(21-16)22-10-4-5-11-22/h6-9,12H,3-5,10-11H2,1-2H3,(H,20,23). The van der Waals surface area contributed by atoms with E-state index in [1.165, 1.54) is 0 Å². The molecule has 6 nitrogen and oxygen atoms in total. The van der Waals surface area contributed by atoms with E-state index < -0.39 is 0 Å². The number of amides is 1. The highest BCUT2D eigenvalue weighted by molar-refractivity contribution is 6.03. The lowest BCUT2D eigenvalue weighted by molar-refractivity contribution is 0.102. The van der Waals surface area contributed by atoms with Gasteiger partial charge in [0.2, 0.25) is 5.95 Å². The first-order valence-corrected chi connectivity index (χ1v) is 8.30. The molecule has 3 rings (SSSR count). The summed E-state index contributed by atoms with van der Waals surface area (Å²) in [5.74, 6) is 1.19. The van der Waals surface area contributed by atoms with Crippen molar-refractivity contribution in [3.05, 3.63) is 41.7 Å². The highest BCUT2D eigenvalue weighted by Gasteiger charge is 2.18. The van der Waals surface area contributed by atoms with E-state index in [2.05, 4.69) is 20.2 Å². The fourth-order valence-electron chi connectivity index (χ4n) is 2.72. The maximum absolute atomic E-state index is 12.5. The zero-order valence-electron chi connectivity index (χ0n) is 14.1. The van der Waals surface area contributed by atoms with E-state index in [0.29, 0.717) is 23.9 Å². The van der Waals surface area contributed by atoms with Crippen LogP contribution >= 0.6 is 0 Å². The van der Waals surface area contributed by atoms with Crippen molar-refractivity contribution in [3.63, 3.8) is 0 Å². The van der Waals surface area contributed by atoms with Gasteiger partial charge in [0, 0.05) is 24.5 Å². The monoisotopic (exact) mass is 326 g/mol. The molecule has 2 aromatic rings. The van der Waals surface area contributed by atoms with E-state index in [-0.39, 0.29) is 5.91 Å². The lowest BCUT2D eigenvalue weighted by atomic mass is 10.2. The maximum atomic E-state index is 12.5. The maximum Gasteiger partial charge on any atom is 0.274 e. The van der Waals surface area contributed by atoms with Crippen LogP contribution in [0.4, 0.5) is 11.6 Å². The quantitative estimate of drug-likeness (QED) is 0.915. The number of nitrogens with one attached hydrogen (secondary N) is 1. The summed E-state index contributed by atoms with van der Waals surface area (Å²) in [7, 11) is 0. The summed E-state index contributed by atoms with van der Waals surface area (Å²) in [6.45, 7) is 6.33. The summed E-state index contributed by atoms with van der Waals surface area (Å²) >= 11 is 0. The van der Waals surface area contributed by atoms with Gasteiger partial charge in [-0.3, -0.25) is 4.79 Å². The fourth-order valence-corrected chi connectivity index (χ4v) is 2.72. The van der Waals surface area contributed by atoms with Gasteiger partial charge in [0.05, 0.1) is 6.61 Å². The minimum atomic E-state index is -0.231. The van der Waals surface area contributed by atoms with E-state index >= 15 is 0 Å². The molecule has 1 aliphatic rings. The van der Waals surface area contributed by atoms with Crippen LogP contribution in [-0.2, 0) is 0 Å². The number of benzene rings is 1. The van der Waals surface area contributed by atoms with Crippen molar-refractivity contribution in [1.82, 2.24) is 9.97 Å². The Morgan fingerprint density at radius 3 is 2.58 bits per heavy atom. The molecule has 1 saturated heterocycles. The average Bonchev–Trinajstić information content (AvgIpc) is 3.11. The Morgan fingerprint density at radius 2 is 1.92 bits per heavy atom. The van der Waals surface area contributed by atoms with Crippen LogP contribution < -0.4 is 15.0 Å². The molecule has 2 heterocycles. The Kier molecular flexibility index (Phi) is 4.93. The predicted octanol–water partition coefficient (Wildman–Crippen LogP) is 3.04. The smallest absolute Gasteiger partial charge is 0.274 e. The van der Waals surface area contributed by atoms with Crippen LogP contribution in [0.15, 0.2) is 30.3 Å². The van der Waals surface area contributed by atoms with E-state index in [1.807, 2.05) is 38.1 Å². The lowest BCUT2D eigenvalue weighted by Gasteiger charge is -2.16. The van der Waals surface area contributed by atoms with Crippen LogP contribution in [0.25, 0.3) is 0 Å². The first-order valence-electron chi connectivity index (χ1n) is 8.30. The number of carbonyl (C=O) groups excluding carboxylic acids is 1. The fraction of sp³-hybridized carbons (Fsp3) is 0.389. The van der Waals surface area contributed by atoms with Gasteiger partial charge in [0.25, 0.3) is 5.91 Å². The molecular formula is C18H22N4O2. The summed E-state index contributed by atoms with van der Waals surface area (Å²) in [5.41, 5.74) is 1.89. The summed E-state index contributed by atoms with van der Waals surface area (Å²) in [4.78, 5) is 23.5. The highest BCUT2D eigenvalue weighted by Crippen LogP contribution is 2.19. The van der Waals surface area contributed by atoms with Crippen LogP contribution in [0.2, 0.25) is 0 Å². The first-order chi connectivity index (χ1) is 11.7. The number of hydrogen-bond acceptors (Lipinski definition) is 5. The third-order valence-electron chi connectivity index (χ3n) is 3.89. The van der Waals surface area contributed by atoms with Crippen molar-refractivity contribution in [2.75, 3.05) is 29.9 Å². The first kappa shape index (κ1) is 16.2. The van der Waals surface area contributed by atoms with Crippen molar-refractivity contribution < 1.29 is 9.53 Å². The molecule has 1 N–H and O–H groups in total. The van der Waals surface area contributed by atoms with Crippen molar-refractivity contribution in [1.29, 1.82) is 0 Å². The Balaban J connectivity index is 1.74. The van der Waals surface area contributed by atoms with Crippen LogP contribution in [0, 0.1) is 6.92 Å². The zero-order valence-corrected chi connectivity index (χ0v) is 14.1. The highest BCUT2D eigenvalue weighted by atomic mass is 16.5. The number of anilines is 2. The molecule has 1 amide bonds. The minimum absolute atomic E-state index is 0.231. The number of hydrogen-bond donors (Lipinski definition) is 1. The number of aromatic nitrogens is 2. The Morgan fingerprint density at radius 1 is 1.21 bits per heavy atom. The van der Waals surface area contributed by atoms with Gasteiger partial charge in [0.1, 0.15) is 11.4 Å². The number of aryl methyl sites for hydroxylation is 1. The summed E-state index contributed by atoms with van der Waals surface area (Å²) < 4.78 is 5.40. The van der Waals surface area contributed by atoms with Gasteiger partial charge in [-0.1, -0.05) is 0 Å². The molecule has 1 aliphatic heterocycles. The van der Waals surface area contributed by atoms with E-state index in [9.17, 15) is 4.79 Å². The number of nitrogens with zero attached hydrogens (tertiary/aromatic N) is 3. The zero-order chi connectivity index (χ0) is 16.9. The van der Waals surface area contributed by atoms with Crippen molar-refractivity contribution >= 4 is 17.5 Å². The van der Waals surface area contributed by atoms with Crippen molar-refractivity contribution in [2.45, 2.75) is 26.7 Å². The molecule has 0 radical (unpaired) electrons. The second-order valence-corrected chi connectivity index (χ2v) is 5.80. The molecule has 0 spiro atoms. The normalized spacial score (nSPS) is 13.8. The van der Waals surface area contributed by atoms with Crippen LogP contribution in [0.3, 0.4) is 0 Å². The molecule has 6 heteroatoms. The molecule has 1 fully saturated rings. The number of carbonyl (C=O) groups is 1. The molecule has 126 valence electrons. The second-order valence-electron chi connectivity index (χ2n) is 5.80. The van der Waals surface area contributed by atoms with E-state index in [1.54, 1.807) is 6.07 Å². The van der Waals surface area contributed by atoms with Gasteiger partial charge in [0.15, 0.2) is 0 Å². The van der Waals surface area contributed by atoms with E-state index in [0.717, 1.165) is 37.4 Å². The molecule has 0 bridgehead atoms. The van der Waals surface area contributed by atoms with Gasteiger partial charge >= 0.3 is 0 Å². The second kappa shape index (κ2) is 7.29. The number of rotatable bonds is 5. The molecule has 1 aromatic heterocycles. The van der Waals surface area contributed by atoms with Crippen molar-refractivity contribution in [2.24, 2.45) is 0 Å². The van der Waals surface area contributed by atoms with Gasteiger partial charge in [-0.05, 0) is 57.0 Å². The molecule has 0 unspecified atom stereocenters. The predicted molar refractivity (Wildman–Crippen MR) is 93.8 cm³/mol. The van der Waals surface area contributed by atoms with E-state index in [4.69, 9.17) is 4.74 Å². The Labute approximate surface area is 141 Å². The van der Waals surface area contributed by atoms with Crippen molar-refractivity contribution in [3.8, 4) is 5.75 Å². The van der Waals surface area contributed by atoms with Gasteiger partial charge in [-0.25, -0.2) is 9.97 Å². The Bertz CT molecular complexity index is 709. The molecule has 24 heavy (non-hydrogen) atoms. The Hall–Kier alpha value is -2.63. The molecule has 0 atom stereocenters. The van der Waals surface area contributed by atoms with Gasteiger partial charge < -0.3 is 15.0 Å². The lowest BCUT2D eigenvalue weighted by Crippen LogP contribution is -2.23. The van der Waals surface area contributed by atoms with Gasteiger partial charge in [-0.15, -0.1) is 0 Å².